The molecule has 162 valence electrons. The van der Waals surface area contributed by atoms with Gasteiger partial charge >= 0.3 is 5.97 Å². The molecule has 1 amide bonds. The van der Waals surface area contributed by atoms with Crippen LogP contribution in [0.5, 0.6) is 5.75 Å². The van der Waals surface area contributed by atoms with Crippen molar-refractivity contribution < 1.29 is 19.1 Å². The fourth-order valence-corrected chi connectivity index (χ4v) is 4.18. The summed E-state index contributed by atoms with van der Waals surface area (Å²) >= 11 is 4.74. The lowest BCUT2D eigenvalue weighted by Crippen LogP contribution is -2.15. The van der Waals surface area contributed by atoms with Crippen LogP contribution in [-0.2, 0) is 9.53 Å². The van der Waals surface area contributed by atoms with E-state index in [1.54, 1.807) is 6.92 Å². The molecular weight excluding hydrogens is 478 g/mol. The molecule has 0 unspecified atom stereocenters. The fraction of sp³-hybridized carbons (Fsp3) is 0.250. The molecule has 1 aromatic heterocycles. The molecule has 7 heteroatoms. The first-order valence-electron chi connectivity index (χ1n) is 10.0. The van der Waals surface area contributed by atoms with Gasteiger partial charge in [-0.2, -0.15) is 0 Å². The van der Waals surface area contributed by atoms with E-state index in [1.807, 2.05) is 60.8 Å². The van der Waals surface area contributed by atoms with Crippen LogP contribution in [0.3, 0.4) is 0 Å². The number of aryl methyl sites for hydroxylation is 1. The molecule has 0 aliphatic carbocycles. The van der Waals surface area contributed by atoms with Crippen LogP contribution >= 0.6 is 27.3 Å². The largest absolute Gasteiger partial charge is 0.494 e. The van der Waals surface area contributed by atoms with Crippen molar-refractivity contribution in [2.24, 2.45) is 0 Å². The Labute approximate surface area is 194 Å². The van der Waals surface area contributed by atoms with Crippen molar-refractivity contribution in [2.45, 2.75) is 26.7 Å². The predicted molar refractivity (Wildman–Crippen MR) is 128 cm³/mol. The highest BCUT2D eigenvalue weighted by atomic mass is 79.9. The molecule has 0 spiro atoms. The van der Waals surface area contributed by atoms with E-state index in [4.69, 9.17) is 9.47 Å². The summed E-state index contributed by atoms with van der Waals surface area (Å²) in [6, 6.07) is 15.5. The highest BCUT2D eigenvalue weighted by Gasteiger charge is 2.22. The summed E-state index contributed by atoms with van der Waals surface area (Å²) < 4.78 is 11.9. The van der Waals surface area contributed by atoms with Gasteiger partial charge in [-0.25, -0.2) is 4.79 Å². The minimum absolute atomic E-state index is 0.165. The van der Waals surface area contributed by atoms with Gasteiger partial charge in [-0.3, -0.25) is 4.79 Å². The van der Waals surface area contributed by atoms with Gasteiger partial charge in [0.15, 0.2) is 0 Å². The van der Waals surface area contributed by atoms with Crippen molar-refractivity contribution in [1.82, 2.24) is 0 Å². The van der Waals surface area contributed by atoms with Crippen LogP contribution in [0.2, 0.25) is 0 Å². The first kappa shape index (κ1) is 23.0. The number of anilines is 1. The zero-order chi connectivity index (χ0) is 22.2. The van der Waals surface area contributed by atoms with Crippen molar-refractivity contribution in [2.75, 3.05) is 18.5 Å². The number of esters is 1. The number of thiophene rings is 1. The number of amides is 1. The highest BCUT2D eigenvalue weighted by Crippen LogP contribution is 2.36. The maximum absolute atomic E-state index is 12.6. The molecule has 31 heavy (non-hydrogen) atoms. The van der Waals surface area contributed by atoms with E-state index in [0.717, 1.165) is 21.3 Å². The Bertz CT molecular complexity index is 1030. The number of carbonyl (C=O) groups is 2. The monoisotopic (exact) mass is 501 g/mol. The van der Waals surface area contributed by atoms with E-state index in [0.29, 0.717) is 30.0 Å². The Morgan fingerprint density at radius 1 is 1.06 bits per heavy atom. The summed E-state index contributed by atoms with van der Waals surface area (Å²) in [5, 5.41) is 5.24. The smallest absolute Gasteiger partial charge is 0.341 e. The summed E-state index contributed by atoms with van der Waals surface area (Å²) in [7, 11) is 0. The molecule has 0 saturated carbocycles. The van der Waals surface area contributed by atoms with E-state index in [9.17, 15) is 9.59 Å². The minimum Gasteiger partial charge on any atom is -0.494 e. The molecule has 0 aliphatic heterocycles. The number of ether oxygens (including phenoxy) is 2. The maximum atomic E-state index is 12.6. The summed E-state index contributed by atoms with van der Waals surface area (Å²) in [5.41, 5.74) is 3.18. The first-order valence-corrected chi connectivity index (χ1v) is 11.7. The van der Waals surface area contributed by atoms with Gasteiger partial charge in [0.25, 0.3) is 0 Å². The van der Waals surface area contributed by atoms with Crippen LogP contribution in [0.1, 0.15) is 35.7 Å². The third-order valence-corrected chi connectivity index (χ3v) is 5.94. The van der Waals surface area contributed by atoms with Gasteiger partial charge in [-0.05, 0) is 50.1 Å². The summed E-state index contributed by atoms with van der Waals surface area (Å²) in [4.78, 5) is 25.1. The third-order valence-electron chi connectivity index (χ3n) is 4.52. The topological polar surface area (TPSA) is 64.6 Å². The molecule has 5 nitrogen and oxygen atoms in total. The average molecular weight is 502 g/mol. The summed E-state index contributed by atoms with van der Waals surface area (Å²) in [6.07, 6.45) is 0.860. The minimum atomic E-state index is -0.445. The molecule has 3 aromatic rings. The molecule has 0 atom stereocenters. The predicted octanol–water partition coefficient (Wildman–Crippen LogP) is 6.46. The van der Waals surface area contributed by atoms with Gasteiger partial charge in [0.1, 0.15) is 16.3 Å². The molecule has 0 aliphatic rings. The van der Waals surface area contributed by atoms with E-state index < -0.39 is 5.97 Å². The second-order valence-corrected chi connectivity index (χ2v) is 8.69. The van der Waals surface area contributed by atoms with Gasteiger partial charge in [0, 0.05) is 21.8 Å². The Morgan fingerprint density at radius 3 is 2.45 bits per heavy atom. The molecule has 0 fully saturated rings. The van der Waals surface area contributed by atoms with E-state index in [1.165, 1.54) is 16.9 Å². The van der Waals surface area contributed by atoms with Gasteiger partial charge < -0.3 is 14.8 Å². The van der Waals surface area contributed by atoms with Crippen LogP contribution < -0.4 is 10.1 Å². The lowest BCUT2D eigenvalue weighted by molar-refractivity contribution is -0.116. The number of hydrogen-bond donors (Lipinski definition) is 1. The lowest BCUT2D eigenvalue weighted by atomic mass is 10.0. The van der Waals surface area contributed by atoms with Crippen molar-refractivity contribution in [3.8, 4) is 16.9 Å². The number of nitrogens with one attached hydrogen (secondary N) is 1. The van der Waals surface area contributed by atoms with Crippen molar-refractivity contribution >= 4 is 44.1 Å². The number of halogens is 1. The Morgan fingerprint density at radius 2 is 1.77 bits per heavy atom. The lowest BCUT2D eigenvalue weighted by Gasteiger charge is -2.09. The number of carbonyl (C=O) groups excluding carboxylic acids is 2. The van der Waals surface area contributed by atoms with E-state index in [-0.39, 0.29) is 12.5 Å². The van der Waals surface area contributed by atoms with Crippen LogP contribution in [0, 0.1) is 6.92 Å². The van der Waals surface area contributed by atoms with E-state index in [2.05, 4.69) is 21.2 Å². The highest BCUT2D eigenvalue weighted by molar-refractivity contribution is 9.10. The first-order chi connectivity index (χ1) is 15.0. The number of rotatable bonds is 9. The molecule has 2 aromatic carbocycles. The molecule has 0 bridgehead atoms. The number of benzene rings is 2. The quantitative estimate of drug-likeness (QED) is 0.270. The molecular formula is C24H24BrNO4S. The Kier molecular flexibility index (Phi) is 8.26. The Hall–Kier alpha value is -2.64. The van der Waals surface area contributed by atoms with Gasteiger partial charge in [-0.15, -0.1) is 11.3 Å². The second kappa shape index (κ2) is 11.1. The van der Waals surface area contributed by atoms with Gasteiger partial charge in [-0.1, -0.05) is 45.8 Å². The van der Waals surface area contributed by atoms with Crippen LogP contribution in [0.25, 0.3) is 11.1 Å². The SMILES string of the molecule is CCOC(=O)c1c(-c2ccc(Br)cc2)csc1NC(=O)CCCOc1ccc(C)cc1. The van der Waals surface area contributed by atoms with Crippen molar-refractivity contribution in [3.63, 3.8) is 0 Å². The summed E-state index contributed by atoms with van der Waals surface area (Å²) in [5.74, 6) is 0.176. The second-order valence-electron chi connectivity index (χ2n) is 6.89. The van der Waals surface area contributed by atoms with Crippen LogP contribution in [0.4, 0.5) is 5.00 Å². The van der Waals surface area contributed by atoms with E-state index >= 15 is 0 Å². The normalized spacial score (nSPS) is 10.5. The van der Waals surface area contributed by atoms with Gasteiger partial charge in [0.2, 0.25) is 5.91 Å². The molecule has 0 radical (unpaired) electrons. The zero-order valence-electron chi connectivity index (χ0n) is 17.4. The Balaban J connectivity index is 1.64. The van der Waals surface area contributed by atoms with Crippen LogP contribution in [-0.4, -0.2) is 25.1 Å². The summed E-state index contributed by atoms with van der Waals surface area (Å²) in [6.45, 7) is 4.48. The standard InChI is InChI=1S/C24H24BrNO4S/c1-3-29-24(28)22-20(17-8-10-18(25)11-9-17)15-31-23(22)26-21(27)5-4-14-30-19-12-6-16(2)7-13-19/h6-13,15H,3-5,14H2,1-2H3,(H,26,27). The third kappa shape index (κ3) is 6.42. The molecule has 3 rings (SSSR count). The van der Waals surface area contributed by atoms with Crippen molar-refractivity contribution in [1.29, 1.82) is 0 Å². The van der Waals surface area contributed by atoms with Crippen molar-refractivity contribution in [3.05, 3.63) is 69.5 Å². The zero-order valence-corrected chi connectivity index (χ0v) is 19.8. The molecule has 0 saturated heterocycles. The van der Waals surface area contributed by atoms with Gasteiger partial charge in [0.05, 0.1) is 13.2 Å². The fourth-order valence-electron chi connectivity index (χ4n) is 2.94. The van der Waals surface area contributed by atoms with Crippen LogP contribution in [0.15, 0.2) is 58.4 Å². The molecule has 1 N–H and O–H groups in total. The average Bonchev–Trinajstić information content (AvgIpc) is 3.16. The molecule has 1 heterocycles. The number of hydrogen-bond acceptors (Lipinski definition) is 5. The maximum Gasteiger partial charge on any atom is 0.341 e.